The molecule has 0 spiro atoms. The van der Waals surface area contributed by atoms with Gasteiger partial charge in [0, 0.05) is 12.6 Å². The molecule has 0 amide bonds. The van der Waals surface area contributed by atoms with Crippen molar-refractivity contribution in [3.8, 4) is 5.75 Å². The molecule has 1 atom stereocenters. The highest BCUT2D eigenvalue weighted by Crippen LogP contribution is 2.19. The van der Waals surface area contributed by atoms with E-state index in [-0.39, 0.29) is 12.7 Å². The van der Waals surface area contributed by atoms with Crippen LogP contribution < -0.4 is 10.1 Å². The summed E-state index contributed by atoms with van der Waals surface area (Å²) in [6, 6.07) is 6.33. The summed E-state index contributed by atoms with van der Waals surface area (Å²) in [5.41, 5.74) is 2.14. The fourth-order valence-corrected chi connectivity index (χ4v) is 2.11. The van der Waals surface area contributed by atoms with Crippen LogP contribution in [0.4, 0.5) is 0 Å². The predicted molar refractivity (Wildman–Crippen MR) is 96.6 cm³/mol. The fourth-order valence-electron chi connectivity index (χ4n) is 2.11. The first-order chi connectivity index (χ1) is 11.4. The Morgan fingerprint density at radius 3 is 2.50 bits per heavy atom. The lowest BCUT2D eigenvalue weighted by molar-refractivity contribution is 0.0143. The van der Waals surface area contributed by atoms with E-state index < -0.39 is 6.10 Å². The predicted octanol–water partition coefficient (Wildman–Crippen LogP) is 2.67. The summed E-state index contributed by atoms with van der Waals surface area (Å²) in [6.07, 6.45) is -0.283. The van der Waals surface area contributed by atoms with Crippen molar-refractivity contribution < 1.29 is 19.3 Å². The van der Waals surface area contributed by atoms with Gasteiger partial charge in [-0.05, 0) is 38.0 Å². The lowest BCUT2D eigenvalue weighted by Crippen LogP contribution is -2.35. The topological polar surface area (TPSA) is 60.0 Å². The van der Waals surface area contributed by atoms with Crippen LogP contribution in [0.5, 0.6) is 5.75 Å². The third kappa shape index (κ3) is 9.23. The van der Waals surface area contributed by atoms with Crippen molar-refractivity contribution in [2.45, 2.75) is 59.5 Å². The van der Waals surface area contributed by atoms with Crippen molar-refractivity contribution in [3.05, 3.63) is 29.3 Å². The monoisotopic (exact) mass is 339 g/mol. The Hall–Kier alpha value is -1.14. The Morgan fingerprint density at radius 1 is 1.12 bits per heavy atom. The third-order valence-corrected chi connectivity index (χ3v) is 3.38. The van der Waals surface area contributed by atoms with E-state index in [1.54, 1.807) is 0 Å². The van der Waals surface area contributed by atoms with Gasteiger partial charge in [0.05, 0.1) is 25.9 Å². The molecule has 1 rings (SSSR count). The molecule has 5 heteroatoms. The van der Waals surface area contributed by atoms with Crippen LogP contribution in [0, 0.1) is 6.92 Å². The molecule has 5 nitrogen and oxygen atoms in total. The molecule has 0 aliphatic rings. The quantitative estimate of drug-likeness (QED) is 0.573. The molecular weight excluding hydrogens is 306 g/mol. The van der Waals surface area contributed by atoms with Crippen LogP contribution >= 0.6 is 0 Å². The lowest BCUT2D eigenvalue weighted by Gasteiger charge is -2.16. The van der Waals surface area contributed by atoms with Crippen molar-refractivity contribution in [2.75, 3.05) is 26.4 Å². The van der Waals surface area contributed by atoms with Gasteiger partial charge >= 0.3 is 0 Å². The van der Waals surface area contributed by atoms with Crippen LogP contribution in [-0.2, 0) is 16.1 Å². The number of aliphatic hydroxyl groups is 1. The second-order valence-corrected chi connectivity index (χ2v) is 6.60. The maximum absolute atomic E-state index is 9.89. The van der Waals surface area contributed by atoms with E-state index in [2.05, 4.69) is 11.4 Å². The molecule has 0 saturated heterocycles. The van der Waals surface area contributed by atoms with E-state index >= 15 is 0 Å². The van der Waals surface area contributed by atoms with Gasteiger partial charge in [0.25, 0.3) is 0 Å². The van der Waals surface area contributed by atoms with Gasteiger partial charge in [0.1, 0.15) is 18.5 Å². The summed E-state index contributed by atoms with van der Waals surface area (Å²) < 4.78 is 16.7. The van der Waals surface area contributed by atoms with Crippen LogP contribution in [0.15, 0.2) is 18.2 Å². The molecule has 0 aliphatic heterocycles. The van der Waals surface area contributed by atoms with Gasteiger partial charge in [-0.2, -0.15) is 0 Å². The number of hydrogen-bond donors (Lipinski definition) is 2. The van der Waals surface area contributed by atoms with Crippen molar-refractivity contribution in [1.29, 1.82) is 0 Å². The average Bonchev–Trinajstić information content (AvgIpc) is 2.51. The zero-order chi connectivity index (χ0) is 17.9. The summed E-state index contributed by atoms with van der Waals surface area (Å²) in [5, 5.41) is 13.1. The highest BCUT2D eigenvalue weighted by Gasteiger charge is 2.08. The summed E-state index contributed by atoms with van der Waals surface area (Å²) in [5.74, 6) is 0.797. The second-order valence-electron chi connectivity index (χ2n) is 6.60. The number of hydrogen-bond acceptors (Lipinski definition) is 5. The zero-order valence-electron chi connectivity index (χ0n) is 15.7. The Balaban J connectivity index is 2.33. The van der Waals surface area contributed by atoms with E-state index in [0.29, 0.717) is 32.4 Å². The maximum Gasteiger partial charge on any atom is 0.122 e. The van der Waals surface area contributed by atoms with E-state index in [1.807, 2.05) is 46.8 Å². The van der Waals surface area contributed by atoms with Crippen LogP contribution in [0.2, 0.25) is 0 Å². The van der Waals surface area contributed by atoms with Gasteiger partial charge in [-0.15, -0.1) is 0 Å². The largest absolute Gasteiger partial charge is 0.491 e. The molecule has 0 aromatic heterocycles. The first-order valence-corrected chi connectivity index (χ1v) is 8.71. The third-order valence-electron chi connectivity index (χ3n) is 3.38. The highest BCUT2D eigenvalue weighted by molar-refractivity contribution is 5.36. The van der Waals surface area contributed by atoms with Gasteiger partial charge in [-0.25, -0.2) is 0 Å². The molecule has 1 aromatic rings. The van der Waals surface area contributed by atoms with E-state index in [9.17, 15) is 5.11 Å². The average molecular weight is 339 g/mol. The molecule has 0 fully saturated rings. The number of rotatable bonds is 12. The fraction of sp³-hybridized carbons (Fsp3) is 0.684. The Morgan fingerprint density at radius 2 is 1.88 bits per heavy atom. The molecule has 0 bridgehead atoms. The zero-order valence-corrected chi connectivity index (χ0v) is 15.7. The molecule has 0 aliphatic carbocycles. The minimum absolute atomic E-state index is 0.235. The van der Waals surface area contributed by atoms with Crippen LogP contribution in [-0.4, -0.2) is 49.7 Å². The van der Waals surface area contributed by atoms with E-state index in [0.717, 1.165) is 16.9 Å². The summed E-state index contributed by atoms with van der Waals surface area (Å²) >= 11 is 0. The minimum atomic E-state index is -0.518. The first-order valence-electron chi connectivity index (χ1n) is 8.71. The van der Waals surface area contributed by atoms with Gasteiger partial charge in [0.15, 0.2) is 0 Å². The summed E-state index contributed by atoms with van der Waals surface area (Å²) in [7, 11) is 0. The Kier molecular flexibility index (Phi) is 9.95. The smallest absolute Gasteiger partial charge is 0.122 e. The van der Waals surface area contributed by atoms with Crippen molar-refractivity contribution >= 4 is 0 Å². The maximum atomic E-state index is 9.89. The van der Waals surface area contributed by atoms with Crippen LogP contribution in [0.25, 0.3) is 0 Å². The first kappa shape index (κ1) is 20.9. The molecule has 0 radical (unpaired) electrons. The van der Waals surface area contributed by atoms with Crippen molar-refractivity contribution in [2.24, 2.45) is 0 Å². The Labute approximate surface area is 146 Å². The molecule has 0 saturated carbocycles. The second kappa shape index (κ2) is 11.4. The van der Waals surface area contributed by atoms with Gasteiger partial charge in [0.2, 0.25) is 0 Å². The number of aliphatic hydroxyl groups excluding tert-OH is 1. The van der Waals surface area contributed by atoms with Crippen molar-refractivity contribution in [1.82, 2.24) is 5.32 Å². The SMILES string of the molecule is Cc1cc(COCCOC(C)C)ccc1OCC(O)CNC(C)C. The van der Waals surface area contributed by atoms with Crippen molar-refractivity contribution in [3.63, 3.8) is 0 Å². The summed E-state index contributed by atoms with van der Waals surface area (Å²) in [4.78, 5) is 0. The Bertz CT molecular complexity index is 463. The standard InChI is InChI=1S/C19H33NO4/c1-14(2)20-11-18(21)13-24-19-7-6-17(10-16(19)5)12-22-8-9-23-15(3)4/h6-7,10,14-15,18,20-21H,8-9,11-13H2,1-5H3. The molecule has 1 unspecified atom stereocenters. The lowest BCUT2D eigenvalue weighted by atomic mass is 10.1. The van der Waals surface area contributed by atoms with Gasteiger partial charge in [-0.3, -0.25) is 0 Å². The molecule has 2 N–H and O–H groups in total. The van der Waals surface area contributed by atoms with Crippen LogP contribution in [0.1, 0.15) is 38.8 Å². The van der Waals surface area contributed by atoms with Gasteiger partial charge < -0.3 is 24.6 Å². The van der Waals surface area contributed by atoms with Gasteiger partial charge in [-0.1, -0.05) is 26.0 Å². The molecule has 1 aromatic carbocycles. The van der Waals surface area contributed by atoms with E-state index in [1.165, 1.54) is 0 Å². The van der Waals surface area contributed by atoms with Crippen LogP contribution in [0.3, 0.4) is 0 Å². The molecule has 24 heavy (non-hydrogen) atoms. The highest BCUT2D eigenvalue weighted by atomic mass is 16.5. The number of nitrogens with one attached hydrogen (secondary N) is 1. The number of aryl methyl sites for hydroxylation is 1. The number of benzene rings is 1. The molecule has 138 valence electrons. The minimum Gasteiger partial charge on any atom is -0.491 e. The molecule has 0 heterocycles. The molecular formula is C19H33NO4. The van der Waals surface area contributed by atoms with E-state index in [4.69, 9.17) is 14.2 Å². The number of ether oxygens (including phenoxy) is 3. The summed E-state index contributed by atoms with van der Waals surface area (Å²) in [6.45, 7) is 12.7. The normalized spacial score (nSPS) is 12.8.